The van der Waals surface area contributed by atoms with E-state index in [0.717, 1.165) is 23.6 Å². The summed E-state index contributed by atoms with van der Waals surface area (Å²) >= 11 is 0. The first kappa shape index (κ1) is 19.2. The minimum absolute atomic E-state index is 0. The van der Waals surface area contributed by atoms with E-state index in [-0.39, 0.29) is 30.5 Å². The van der Waals surface area contributed by atoms with Gasteiger partial charge in [-0.15, -0.1) is 17.5 Å². The van der Waals surface area contributed by atoms with Gasteiger partial charge in [0.2, 0.25) is 0 Å². The van der Waals surface area contributed by atoms with Crippen LogP contribution in [0.4, 0.5) is 0 Å². The van der Waals surface area contributed by atoms with Crippen LogP contribution in [0.1, 0.15) is 36.5 Å². The SMILES string of the molecule is Cc1c(C(=O)N2CC[C@@H](N)C2)nnn1-c1ccc(OC(C)C)cc1.Cl. The summed E-state index contributed by atoms with van der Waals surface area (Å²) in [6, 6.07) is 7.63. The van der Waals surface area contributed by atoms with Gasteiger partial charge in [0.15, 0.2) is 5.69 Å². The molecule has 1 atom stereocenters. The second-order valence-corrected chi connectivity index (χ2v) is 6.40. The molecule has 7 nitrogen and oxygen atoms in total. The topological polar surface area (TPSA) is 86.3 Å². The fourth-order valence-corrected chi connectivity index (χ4v) is 2.83. The Labute approximate surface area is 153 Å². The molecule has 2 N–H and O–H groups in total. The molecular weight excluding hydrogens is 342 g/mol. The highest BCUT2D eigenvalue weighted by Crippen LogP contribution is 2.19. The Morgan fingerprint density at radius 3 is 2.56 bits per heavy atom. The van der Waals surface area contributed by atoms with Crippen molar-refractivity contribution in [3.63, 3.8) is 0 Å². The summed E-state index contributed by atoms with van der Waals surface area (Å²) in [7, 11) is 0. The number of carbonyl (C=O) groups is 1. The third kappa shape index (κ3) is 4.11. The van der Waals surface area contributed by atoms with Gasteiger partial charge in [0, 0.05) is 19.1 Å². The molecule has 2 heterocycles. The fraction of sp³-hybridized carbons (Fsp3) is 0.471. The van der Waals surface area contributed by atoms with Gasteiger partial charge in [0.25, 0.3) is 5.91 Å². The van der Waals surface area contributed by atoms with E-state index in [0.29, 0.717) is 18.8 Å². The van der Waals surface area contributed by atoms with Gasteiger partial charge in [-0.05, 0) is 51.5 Å². The normalized spacial score (nSPS) is 16.8. The average Bonchev–Trinajstić information content (AvgIpc) is 3.13. The number of carbonyl (C=O) groups excluding carboxylic acids is 1. The zero-order valence-electron chi connectivity index (χ0n) is 14.7. The van der Waals surface area contributed by atoms with Crippen LogP contribution in [0.25, 0.3) is 5.69 Å². The molecule has 1 fully saturated rings. The number of hydrogen-bond donors (Lipinski definition) is 1. The van der Waals surface area contributed by atoms with Crippen LogP contribution in [-0.4, -0.2) is 51.0 Å². The van der Waals surface area contributed by atoms with E-state index < -0.39 is 0 Å². The highest BCUT2D eigenvalue weighted by atomic mass is 35.5. The molecule has 136 valence electrons. The predicted molar refractivity (Wildman–Crippen MR) is 97.6 cm³/mol. The Morgan fingerprint density at radius 1 is 1.32 bits per heavy atom. The lowest BCUT2D eigenvalue weighted by Gasteiger charge is -2.14. The summed E-state index contributed by atoms with van der Waals surface area (Å²) in [5.74, 6) is 0.695. The highest BCUT2D eigenvalue weighted by molar-refractivity contribution is 5.93. The highest BCUT2D eigenvalue weighted by Gasteiger charge is 2.28. The smallest absolute Gasteiger partial charge is 0.276 e. The lowest BCUT2D eigenvalue weighted by Crippen LogP contribution is -2.32. The minimum Gasteiger partial charge on any atom is -0.491 e. The summed E-state index contributed by atoms with van der Waals surface area (Å²) in [6.45, 7) is 7.07. The van der Waals surface area contributed by atoms with Crippen LogP contribution in [0, 0.1) is 6.92 Å². The van der Waals surface area contributed by atoms with Crippen LogP contribution in [0.5, 0.6) is 5.75 Å². The maximum atomic E-state index is 12.6. The second-order valence-electron chi connectivity index (χ2n) is 6.40. The van der Waals surface area contributed by atoms with Crippen LogP contribution >= 0.6 is 12.4 Å². The Balaban J connectivity index is 0.00000225. The number of rotatable bonds is 4. The number of nitrogens with two attached hydrogens (primary N) is 1. The number of halogens is 1. The molecule has 0 saturated carbocycles. The molecule has 0 bridgehead atoms. The largest absolute Gasteiger partial charge is 0.491 e. The van der Waals surface area contributed by atoms with Crippen molar-refractivity contribution in [1.82, 2.24) is 19.9 Å². The molecule has 1 aromatic carbocycles. The Morgan fingerprint density at radius 2 is 2.00 bits per heavy atom. The average molecular weight is 366 g/mol. The maximum Gasteiger partial charge on any atom is 0.276 e. The number of ether oxygens (including phenoxy) is 1. The number of amides is 1. The summed E-state index contributed by atoms with van der Waals surface area (Å²) in [5.41, 5.74) is 7.82. The second kappa shape index (κ2) is 7.84. The van der Waals surface area contributed by atoms with Crippen LogP contribution in [0.15, 0.2) is 24.3 Å². The number of aromatic nitrogens is 3. The monoisotopic (exact) mass is 365 g/mol. The Hall–Kier alpha value is -2.12. The molecule has 2 aromatic rings. The van der Waals surface area contributed by atoms with Crippen molar-refractivity contribution >= 4 is 18.3 Å². The van der Waals surface area contributed by atoms with E-state index in [1.165, 1.54) is 0 Å². The van der Waals surface area contributed by atoms with Gasteiger partial charge >= 0.3 is 0 Å². The summed E-state index contributed by atoms with van der Waals surface area (Å²) in [4.78, 5) is 14.3. The van der Waals surface area contributed by atoms with Crippen LogP contribution < -0.4 is 10.5 Å². The lowest BCUT2D eigenvalue weighted by atomic mass is 10.2. The van der Waals surface area contributed by atoms with Crippen molar-refractivity contribution in [3.8, 4) is 11.4 Å². The summed E-state index contributed by atoms with van der Waals surface area (Å²) < 4.78 is 7.31. The van der Waals surface area contributed by atoms with Crippen LogP contribution in [-0.2, 0) is 0 Å². The molecular formula is C17H24ClN5O2. The van der Waals surface area contributed by atoms with E-state index in [1.807, 2.05) is 45.0 Å². The van der Waals surface area contributed by atoms with E-state index in [1.54, 1.807) is 9.58 Å². The van der Waals surface area contributed by atoms with Crippen LogP contribution in [0.2, 0.25) is 0 Å². The first-order valence-electron chi connectivity index (χ1n) is 8.20. The summed E-state index contributed by atoms with van der Waals surface area (Å²) in [5, 5.41) is 8.22. The standard InChI is InChI=1S/C17H23N5O2.ClH/c1-11(2)24-15-6-4-14(5-7-15)22-12(3)16(19-20-22)17(23)21-9-8-13(18)10-21;/h4-7,11,13H,8-10,18H2,1-3H3;1H/t13-;/m1./s1. The molecule has 1 amide bonds. The molecule has 1 aliphatic heterocycles. The maximum absolute atomic E-state index is 12.6. The van der Waals surface area contributed by atoms with E-state index in [2.05, 4.69) is 10.3 Å². The molecule has 8 heteroatoms. The third-order valence-corrected chi connectivity index (χ3v) is 4.06. The van der Waals surface area contributed by atoms with E-state index in [4.69, 9.17) is 10.5 Å². The zero-order chi connectivity index (χ0) is 17.3. The number of likely N-dealkylation sites (tertiary alicyclic amines) is 1. The van der Waals surface area contributed by atoms with E-state index in [9.17, 15) is 4.79 Å². The van der Waals surface area contributed by atoms with Gasteiger partial charge in [-0.3, -0.25) is 4.79 Å². The van der Waals surface area contributed by atoms with E-state index >= 15 is 0 Å². The minimum atomic E-state index is -0.105. The van der Waals surface area contributed by atoms with Crippen molar-refractivity contribution in [3.05, 3.63) is 35.7 Å². The molecule has 0 unspecified atom stereocenters. The molecule has 0 radical (unpaired) electrons. The van der Waals surface area contributed by atoms with Crippen LogP contribution in [0.3, 0.4) is 0 Å². The van der Waals surface area contributed by atoms with Crippen molar-refractivity contribution in [2.45, 2.75) is 39.3 Å². The van der Waals surface area contributed by atoms with Gasteiger partial charge in [-0.1, -0.05) is 5.21 Å². The first-order valence-corrected chi connectivity index (χ1v) is 8.20. The van der Waals surface area contributed by atoms with Gasteiger partial charge < -0.3 is 15.4 Å². The quantitative estimate of drug-likeness (QED) is 0.895. The number of benzene rings is 1. The third-order valence-electron chi connectivity index (χ3n) is 4.06. The molecule has 1 aliphatic rings. The van der Waals surface area contributed by atoms with Crippen molar-refractivity contribution in [2.24, 2.45) is 5.73 Å². The van der Waals surface area contributed by atoms with Crippen molar-refractivity contribution in [2.75, 3.05) is 13.1 Å². The zero-order valence-corrected chi connectivity index (χ0v) is 15.5. The molecule has 0 spiro atoms. The number of nitrogens with zero attached hydrogens (tertiary/aromatic N) is 4. The Kier molecular flexibility index (Phi) is 6.02. The molecule has 1 saturated heterocycles. The van der Waals surface area contributed by atoms with Gasteiger partial charge in [-0.2, -0.15) is 0 Å². The van der Waals surface area contributed by atoms with Gasteiger partial charge in [0.1, 0.15) is 5.75 Å². The Bertz CT molecular complexity index is 729. The molecule has 0 aliphatic carbocycles. The molecule has 1 aromatic heterocycles. The number of hydrogen-bond acceptors (Lipinski definition) is 5. The van der Waals surface area contributed by atoms with Crippen molar-refractivity contribution in [1.29, 1.82) is 0 Å². The fourth-order valence-electron chi connectivity index (χ4n) is 2.83. The molecule has 25 heavy (non-hydrogen) atoms. The van der Waals surface area contributed by atoms with Gasteiger partial charge in [0.05, 0.1) is 17.5 Å². The predicted octanol–water partition coefficient (Wildman–Crippen LogP) is 1.96. The lowest BCUT2D eigenvalue weighted by molar-refractivity contribution is 0.0784. The molecule has 3 rings (SSSR count). The van der Waals surface area contributed by atoms with Gasteiger partial charge in [-0.25, -0.2) is 4.68 Å². The summed E-state index contributed by atoms with van der Waals surface area (Å²) in [6.07, 6.45) is 0.955. The van der Waals surface area contributed by atoms with Crippen molar-refractivity contribution < 1.29 is 9.53 Å². The first-order chi connectivity index (χ1) is 11.5.